The lowest BCUT2D eigenvalue weighted by molar-refractivity contribution is -0.121. The monoisotopic (exact) mass is 397 g/mol. The standard InChI is InChI=1S/C22H27N3O4/c1-15(2)21(27)25-17-8-6-7-16(13-17)14-24-20(26)11-12-23-22(28)18-9-4-5-10-19(18)29-3/h4-10,13,15H,11-12,14H2,1-3H3,(H,23,28)(H,24,26)(H,25,27). The van der Waals surface area contributed by atoms with Crippen LogP contribution in [0.2, 0.25) is 0 Å². The maximum Gasteiger partial charge on any atom is 0.255 e. The number of rotatable bonds is 9. The van der Waals surface area contributed by atoms with Gasteiger partial charge < -0.3 is 20.7 Å². The quantitative estimate of drug-likeness (QED) is 0.606. The van der Waals surface area contributed by atoms with Crippen molar-refractivity contribution in [2.75, 3.05) is 19.0 Å². The van der Waals surface area contributed by atoms with E-state index >= 15 is 0 Å². The Morgan fingerprint density at radius 1 is 1.00 bits per heavy atom. The van der Waals surface area contributed by atoms with Crippen LogP contribution in [-0.2, 0) is 16.1 Å². The molecule has 0 aliphatic carbocycles. The van der Waals surface area contributed by atoms with Gasteiger partial charge in [0.05, 0.1) is 12.7 Å². The summed E-state index contributed by atoms with van der Waals surface area (Å²) in [4.78, 5) is 36.0. The Morgan fingerprint density at radius 2 is 1.76 bits per heavy atom. The molecule has 7 heteroatoms. The van der Waals surface area contributed by atoms with Crippen LogP contribution in [0.25, 0.3) is 0 Å². The molecule has 0 unspecified atom stereocenters. The maximum absolute atomic E-state index is 12.2. The highest BCUT2D eigenvalue weighted by Gasteiger charge is 2.12. The fourth-order valence-electron chi connectivity index (χ4n) is 2.55. The summed E-state index contributed by atoms with van der Waals surface area (Å²) < 4.78 is 5.16. The van der Waals surface area contributed by atoms with E-state index in [9.17, 15) is 14.4 Å². The Kier molecular flexibility index (Phi) is 8.21. The topological polar surface area (TPSA) is 96.5 Å². The third-order valence-electron chi connectivity index (χ3n) is 4.20. The minimum atomic E-state index is -0.288. The van der Waals surface area contributed by atoms with Crippen LogP contribution in [0.3, 0.4) is 0 Å². The Hall–Kier alpha value is -3.35. The van der Waals surface area contributed by atoms with Crippen LogP contribution in [0, 0.1) is 5.92 Å². The number of amides is 3. The largest absolute Gasteiger partial charge is 0.496 e. The molecule has 0 aliphatic rings. The van der Waals surface area contributed by atoms with Gasteiger partial charge in [0.2, 0.25) is 11.8 Å². The summed E-state index contributed by atoms with van der Waals surface area (Å²) in [5, 5.41) is 8.36. The molecule has 7 nitrogen and oxygen atoms in total. The van der Waals surface area contributed by atoms with Gasteiger partial charge in [-0.3, -0.25) is 14.4 Å². The molecule has 2 rings (SSSR count). The lowest BCUT2D eigenvalue weighted by Crippen LogP contribution is -2.30. The van der Waals surface area contributed by atoms with Gasteiger partial charge in [-0.05, 0) is 29.8 Å². The molecular weight excluding hydrogens is 370 g/mol. The van der Waals surface area contributed by atoms with E-state index in [1.165, 1.54) is 7.11 Å². The van der Waals surface area contributed by atoms with Gasteiger partial charge in [-0.1, -0.05) is 38.1 Å². The van der Waals surface area contributed by atoms with Crippen molar-refractivity contribution in [3.05, 3.63) is 59.7 Å². The fourth-order valence-corrected chi connectivity index (χ4v) is 2.55. The number of carbonyl (C=O) groups excluding carboxylic acids is 3. The second-order valence-electron chi connectivity index (χ2n) is 6.83. The number of benzene rings is 2. The van der Waals surface area contributed by atoms with Crippen molar-refractivity contribution in [1.29, 1.82) is 0 Å². The summed E-state index contributed by atoms with van der Waals surface area (Å²) >= 11 is 0. The first-order valence-electron chi connectivity index (χ1n) is 9.48. The van der Waals surface area contributed by atoms with Crippen molar-refractivity contribution in [2.24, 2.45) is 5.92 Å². The van der Waals surface area contributed by atoms with Crippen LogP contribution in [0.4, 0.5) is 5.69 Å². The zero-order chi connectivity index (χ0) is 21.2. The van der Waals surface area contributed by atoms with Crippen LogP contribution >= 0.6 is 0 Å². The molecule has 3 amide bonds. The molecule has 154 valence electrons. The minimum absolute atomic E-state index is 0.0584. The third kappa shape index (κ3) is 6.95. The fraction of sp³-hybridized carbons (Fsp3) is 0.318. The van der Waals surface area contributed by atoms with E-state index in [-0.39, 0.29) is 36.6 Å². The van der Waals surface area contributed by atoms with Crippen molar-refractivity contribution < 1.29 is 19.1 Å². The van der Waals surface area contributed by atoms with Crippen molar-refractivity contribution in [3.8, 4) is 5.75 Å². The van der Waals surface area contributed by atoms with Crippen molar-refractivity contribution >= 4 is 23.4 Å². The van der Waals surface area contributed by atoms with Gasteiger partial charge in [-0.25, -0.2) is 0 Å². The zero-order valence-electron chi connectivity index (χ0n) is 17.0. The summed E-state index contributed by atoms with van der Waals surface area (Å²) in [5.41, 5.74) is 1.99. The van der Waals surface area contributed by atoms with Crippen LogP contribution in [-0.4, -0.2) is 31.4 Å². The highest BCUT2D eigenvalue weighted by molar-refractivity contribution is 5.97. The first-order valence-corrected chi connectivity index (χ1v) is 9.48. The van der Waals surface area contributed by atoms with Gasteiger partial charge in [0.25, 0.3) is 5.91 Å². The third-order valence-corrected chi connectivity index (χ3v) is 4.20. The molecular formula is C22H27N3O4. The molecule has 0 aromatic heterocycles. The molecule has 3 N–H and O–H groups in total. The highest BCUT2D eigenvalue weighted by Crippen LogP contribution is 2.16. The average Bonchev–Trinajstić information content (AvgIpc) is 2.72. The van der Waals surface area contributed by atoms with Gasteiger partial charge >= 0.3 is 0 Å². The lowest BCUT2D eigenvalue weighted by atomic mass is 10.1. The molecule has 0 bridgehead atoms. The molecule has 0 fully saturated rings. The number of nitrogens with one attached hydrogen (secondary N) is 3. The Balaban J connectivity index is 1.77. The van der Waals surface area contributed by atoms with E-state index in [1.54, 1.807) is 30.3 Å². The smallest absolute Gasteiger partial charge is 0.255 e. The summed E-state index contributed by atoms with van der Waals surface area (Å²) in [7, 11) is 1.50. The summed E-state index contributed by atoms with van der Waals surface area (Å²) in [5.74, 6) is -0.147. The van der Waals surface area contributed by atoms with Crippen LogP contribution in [0.15, 0.2) is 48.5 Å². The maximum atomic E-state index is 12.2. The molecule has 29 heavy (non-hydrogen) atoms. The van der Waals surface area contributed by atoms with Crippen LogP contribution in [0.5, 0.6) is 5.75 Å². The second-order valence-corrected chi connectivity index (χ2v) is 6.83. The Labute approximate surface area is 170 Å². The van der Waals surface area contributed by atoms with E-state index in [2.05, 4.69) is 16.0 Å². The Bertz CT molecular complexity index is 865. The first kappa shape index (κ1) is 21.9. The minimum Gasteiger partial charge on any atom is -0.496 e. The number of methoxy groups -OCH3 is 1. The molecule has 0 saturated carbocycles. The number of hydrogen-bond donors (Lipinski definition) is 3. The summed E-state index contributed by atoms with van der Waals surface area (Å²) in [6, 6.07) is 14.2. The number of hydrogen-bond acceptors (Lipinski definition) is 4. The molecule has 2 aromatic rings. The molecule has 0 aliphatic heterocycles. The molecule has 0 spiro atoms. The van der Waals surface area contributed by atoms with Crippen molar-refractivity contribution in [1.82, 2.24) is 10.6 Å². The van der Waals surface area contributed by atoms with Gasteiger partial charge in [-0.15, -0.1) is 0 Å². The van der Waals surface area contributed by atoms with Gasteiger partial charge in [0.15, 0.2) is 0 Å². The summed E-state index contributed by atoms with van der Waals surface area (Å²) in [6.45, 7) is 4.20. The SMILES string of the molecule is COc1ccccc1C(=O)NCCC(=O)NCc1cccc(NC(=O)C(C)C)c1. The highest BCUT2D eigenvalue weighted by atomic mass is 16.5. The first-order chi connectivity index (χ1) is 13.9. The number of ether oxygens (including phenoxy) is 1. The van der Waals surface area contributed by atoms with Gasteiger partial charge in [0.1, 0.15) is 5.75 Å². The summed E-state index contributed by atoms with van der Waals surface area (Å²) in [6.07, 6.45) is 0.157. The van der Waals surface area contributed by atoms with E-state index in [0.717, 1.165) is 5.56 Å². The van der Waals surface area contributed by atoms with E-state index in [1.807, 2.05) is 32.0 Å². The normalized spacial score (nSPS) is 10.3. The van der Waals surface area contributed by atoms with Crippen LogP contribution < -0.4 is 20.7 Å². The van der Waals surface area contributed by atoms with Gasteiger partial charge in [0, 0.05) is 31.1 Å². The lowest BCUT2D eigenvalue weighted by Gasteiger charge is -2.11. The van der Waals surface area contributed by atoms with Crippen molar-refractivity contribution in [2.45, 2.75) is 26.8 Å². The number of carbonyl (C=O) groups is 3. The van der Waals surface area contributed by atoms with Gasteiger partial charge in [-0.2, -0.15) is 0 Å². The van der Waals surface area contributed by atoms with Crippen molar-refractivity contribution in [3.63, 3.8) is 0 Å². The molecule has 0 heterocycles. The van der Waals surface area contributed by atoms with E-state index in [0.29, 0.717) is 23.5 Å². The molecule has 0 saturated heterocycles. The number of para-hydroxylation sites is 1. The van der Waals surface area contributed by atoms with E-state index in [4.69, 9.17) is 4.74 Å². The zero-order valence-corrected chi connectivity index (χ0v) is 17.0. The Morgan fingerprint density at radius 3 is 2.48 bits per heavy atom. The predicted octanol–water partition coefficient (Wildman–Crippen LogP) is 2.73. The average molecular weight is 397 g/mol. The van der Waals surface area contributed by atoms with E-state index < -0.39 is 0 Å². The molecule has 2 aromatic carbocycles. The number of anilines is 1. The predicted molar refractivity (Wildman–Crippen MR) is 112 cm³/mol. The van der Waals surface area contributed by atoms with Crippen LogP contribution in [0.1, 0.15) is 36.2 Å². The molecule has 0 atom stereocenters. The molecule has 0 radical (unpaired) electrons. The second kappa shape index (κ2) is 10.8.